The number of hydrogen-bond donors (Lipinski definition) is 0. The van der Waals surface area contributed by atoms with Crippen LogP contribution in [0.1, 0.15) is 57.2 Å². The van der Waals surface area contributed by atoms with E-state index in [4.69, 9.17) is 4.74 Å². The summed E-state index contributed by atoms with van der Waals surface area (Å²) in [5, 5.41) is 0. The van der Waals surface area contributed by atoms with E-state index >= 15 is 0 Å². The molecule has 0 fully saturated rings. The van der Waals surface area contributed by atoms with Crippen LogP contribution in [-0.4, -0.2) is 16.6 Å². The summed E-state index contributed by atoms with van der Waals surface area (Å²) >= 11 is 0. The number of ether oxygens (including phenoxy) is 1. The van der Waals surface area contributed by atoms with Crippen molar-refractivity contribution < 1.29 is 9.53 Å². The lowest BCUT2D eigenvalue weighted by atomic mass is 9.99. The summed E-state index contributed by atoms with van der Waals surface area (Å²) < 4.78 is 5.42. The van der Waals surface area contributed by atoms with Gasteiger partial charge in [0.1, 0.15) is 5.60 Å². The molecule has 0 unspecified atom stereocenters. The van der Waals surface area contributed by atoms with Gasteiger partial charge >= 0.3 is 6.09 Å². The van der Waals surface area contributed by atoms with Crippen LogP contribution < -0.4 is 0 Å². The molecule has 3 nitrogen and oxygen atoms in total. The predicted octanol–water partition coefficient (Wildman–Crippen LogP) is 4.06. The second-order valence-corrected chi connectivity index (χ2v) is 6.52. The van der Waals surface area contributed by atoms with Crippen LogP contribution in [0.15, 0.2) is 18.2 Å². The zero-order chi connectivity index (χ0) is 14.2. The molecular formula is C16H23NO2. The quantitative estimate of drug-likeness (QED) is 0.763. The minimum absolute atomic E-state index is 0.227. The lowest BCUT2D eigenvalue weighted by Gasteiger charge is -2.24. The highest BCUT2D eigenvalue weighted by atomic mass is 16.6. The molecule has 0 aliphatic carbocycles. The van der Waals surface area contributed by atoms with Gasteiger partial charge in [0.15, 0.2) is 0 Å². The predicted molar refractivity (Wildman–Crippen MR) is 76.0 cm³/mol. The van der Waals surface area contributed by atoms with Crippen LogP contribution in [0.2, 0.25) is 0 Å². The Bertz CT molecular complexity index is 486. The maximum Gasteiger partial charge on any atom is 0.410 e. The zero-order valence-corrected chi connectivity index (χ0v) is 12.5. The summed E-state index contributed by atoms with van der Waals surface area (Å²) in [6, 6.07) is 6.50. The number of carbonyl (C=O) groups excluding carboxylic acids is 1. The van der Waals surface area contributed by atoms with Gasteiger partial charge in [-0.05, 0) is 43.4 Å². The number of hydrogen-bond acceptors (Lipinski definition) is 2. The second kappa shape index (κ2) is 4.87. The molecule has 1 aromatic carbocycles. The van der Waals surface area contributed by atoms with Gasteiger partial charge in [-0.3, -0.25) is 4.90 Å². The monoisotopic (exact) mass is 261 g/mol. The van der Waals surface area contributed by atoms with Gasteiger partial charge in [-0.1, -0.05) is 32.0 Å². The van der Waals surface area contributed by atoms with Gasteiger partial charge in [0.2, 0.25) is 0 Å². The van der Waals surface area contributed by atoms with Crippen molar-refractivity contribution in [2.24, 2.45) is 0 Å². The van der Waals surface area contributed by atoms with Crippen molar-refractivity contribution in [3.05, 3.63) is 34.9 Å². The largest absolute Gasteiger partial charge is 0.444 e. The standard InChI is InChI=1S/C16H23NO2/c1-11(2)12-6-7-13-9-17(10-14(13)8-12)15(18)19-16(3,4)5/h6-8,11H,9-10H2,1-5H3. The molecule has 104 valence electrons. The molecule has 0 spiro atoms. The molecular weight excluding hydrogens is 238 g/mol. The van der Waals surface area contributed by atoms with Crippen LogP contribution in [0, 0.1) is 0 Å². The van der Waals surface area contributed by atoms with Gasteiger partial charge in [0.25, 0.3) is 0 Å². The molecule has 0 bridgehead atoms. The van der Waals surface area contributed by atoms with Crippen LogP contribution >= 0.6 is 0 Å². The van der Waals surface area contributed by atoms with Crippen molar-refractivity contribution >= 4 is 6.09 Å². The molecule has 2 rings (SSSR count). The summed E-state index contributed by atoms with van der Waals surface area (Å²) in [4.78, 5) is 13.8. The molecule has 0 aromatic heterocycles. The van der Waals surface area contributed by atoms with Crippen molar-refractivity contribution in [3.63, 3.8) is 0 Å². The summed E-state index contributed by atoms with van der Waals surface area (Å²) in [5.74, 6) is 0.515. The van der Waals surface area contributed by atoms with Crippen LogP contribution in [0.3, 0.4) is 0 Å². The first-order valence-corrected chi connectivity index (χ1v) is 6.86. The number of benzene rings is 1. The summed E-state index contributed by atoms with van der Waals surface area (Å²) in [6.07, 6.45) is -0.227. The van der Waals surface area contributed by atoms with Crippen LogP contribution in [0.5, 0.6) is 0 Å². The normalized spacial score (nSPS) is 14.7. The molecule has 1 aliphatic heterocycles. The molecule has 1 amide bonds. The lowest BCUT2D eigenvalue weighted by molar-refractivity contribution is 0.0242. The van der Waals surface area contributed by atoms with E-state index in [0.29, 0.717) is 19.0 Å². The van der Waals surface area contributed by atoms with Crippen LogP contribution in [0.4, 0.5) is 4.79 Å². The number of nitrogens with zero attached hydrogens (tertiary/aromatic N) is 1. The Morgan fingerprint density at radius 3 is 2.42 bits per heavy atom. The summed E-state index contributed by atoms with van der Waals surface area (Å²) in [7, 11) is 0. The fraction of sp³-hybridized carbons (Fsp3) is 0.562. The van der Waals surface area contributed by atoms with Crippen molar-refractivity contribution in [2.75, 3.05) is 0 Å². The van der Waals surface area contributed by atoms with Crippen LogP contribution in [0.25, 0.3) is 0 Å². The minimum atomic E-state index is -0.436. The highest BCUT2D eigenvalue weighted by Crippen LogP contribution is 2.27. The number of amides is 1. The molecule has 0 saturated carbocycles. The first-order chi connectivity index (χ1) is 8.76. The molecule has 0 saturated heterocycles. The molecule has 3 heteroatoms. The van der Waals surface area contributed by atoms with Crippen molar-refractivity contribution in [3.8, 4) is 0 Å². The summed E-state index contributed by atoms with van der Waals surface area (Å²) in [6.45, 7) is 11.4. The SMILES string of the molecule is CC(C)c1ccc2c(c1)CN(C(=O)OC(C)(C)C)C2. The third kappa shape index (κ3) is 3.28. The Kier molecular flexibility index (Phi) is 3.57. The van der Waals surface area contributed by atoms with Crippen molar-refractivity contribution in [1.82, 2.24) is 4.90 Å². The Morgan fingerprint density at radius 2 is 1.84 bits per heavy atom. The van der Waals surface area contributed by atoms with Gasteiger partial charge < -0.3 is 4.74 Å². The number of rotatable bonds is 1. The van der Waals surface area contributed by atoms with E-state index in [0.717, 1.165) is 0 Å². The van der Waals surface area contributed by atoms with Gasteiger partial charge in [0, 0.05) is 13.1 Å². The van der Waals surface area contributed by atoms with Gasteiger partial charge in [-0.15, -0.1) is 0 Å². The minimum Gasteiger partial charge on any atom is -0.444 e. The van der Waals surface area contributed by atoms with Crippen molar-refractivity contribution in [2.45, 2.75) is 59.2 Å². The highest BCUT2D eigenvalue weighted by Gasteiger charge is 2.27. The highest BCUT2D eigenvalue weighted by molar-refractivity contribution is 5.69. The fourth-order valence-electron chi connectivity index (χ4n) is 2.23. The van der Waals surface area contributed by atoms with E-state index in [1.807, 2.05) is 20.8 Å². The molecule has 19 heavy (non-hydrogen) atoms. The van der Waals surface area contributed by atoms with Gasteiger partial charge in [-0.25, -0.2) is 4.79 Å². The first kappa shape index (κ1) is 13.9. The zero-order valence-electron chi connectivity index (χ0n) is 12.5. The van der Waals surface area contributed by atoms with E-state index in [-0.39, 0.29) is 6.09 Å². The average Bonchev–Trinajstić information content (AvgIpc) is 2.68. The Morgan fingerprint density at radius 1 is 1.21 bits per heavy atom. The smallest absolute Gasteiger partial charge is 0.410 e. The van der Waals surface area contributed by atoms with Gasteiger partial charge in [-0.2, -0.15) is 0 Å². The van der Waals surface area contributed by atoms with E-state index in [1.165, 1.54) is 16.7 Å². The molecule has 0 N–H and O–H groups in total. The molecule has 1 aromatic rings. The first-order valence-electron chi connectivity index (χ1n) is 6.86. The Labute approximate surface area is 115 Å². The van der Waals surface area contributed by atoms with E-state index < -0.39 is 5.60 Å². The molecule has 0 atom stereocenters. The molecule has 1 aliphatic rings. The van der Waals surface area contributed by atoms with E-state index in [1.54, 1.807) is 4.90 Å². The van der Waals surface area contributed by atoms with E-state index in [2.05, 4.69) is 32.0 Å². The van der Waals surface area contributed by atoms with Crippen LogP contribution in [-0.2, 0) is 17.8 Å². The average molecular weight is 261 g/mol. The third-order valence-electron chi connectivity index (χ3n) is 3.27. The molecule has 1 heterocycles. The third-order valence-corrected chi connectivity index (χ3v) is 3.27. The molecule has 0 radical (unpaired) electrons. The topological polar surface area (TPSA) is 29.5 Å². The Hall–Kier alpha value is -1.51. The maximum absolute atomic E-state index is 12.1. The van der Waals surface area contributed by atoms with E-state index in [9.17, 15) is 4.79 Å². The second-order valence-electron chi connectivity index (χ2n) is 6.52. The van der Waals surface area contributed by atoms with Crippen molar-refractivity contribution in [1.29, 1.82) is 0 Å². The number of fused-ring (bicyclic) bond motifs is 1. The summed E-state index contributed by atoms with van der Waals surface area (Å²) in [5.41, 5.74) is 3.37. The fourth-order valence-corrected chi connectivity index (χ4v) is 2.23. The number of carbonyl (C=O) groups is 1. The Balaban J connectivity index is 2.10. The lowest BCUT2D eigenvalue weighted by Crippen LogP contribution is -2.33. The maximum atomic E-state index is 12.1. The van der Waals surface area contributed by atoms with Gasteiger partial charge in [0.05, 0.1) is 0 Å².